The Kier molecular flexibility index (Phi) is 5.48. The van der Waals surface area contributed by atoms with Gasteiger partial charge in [0.1, 0.15) is 18.1 Å². The summed E-state index contributed by atoms with van der Waals surface area (Å²) >= 11 is 0. The van der Waals surface area contributed by atoms with Crippen molar-refractivity contribution in [1.82, 2.24) is 14.9 Å². The number of phenolic OH excluding ortho intramolecular Hbond substituents is 1. The van der Waals surface area contributed by atoms with Gasteiger partial charge in [0.2, 0.25) is 0 Å². The summed E-state index contributed by atoms with van der Waals surface area (Å²) in [6.07, 6.45) is 3.55. The fourth-order valence-corrected chi connectivity index (χ4v) is 3.55. The van der Waals surface area contributed by atoms with Crippen LogP contribution in [0.25, 0.3) is 11.3 Å². The number of rotatable bonds is 5. The summed E-state index contributed by atoms with van der Waals surface area (Å²) in [6.45, 7) is 2.06. The van der Waals surface area contributed by atoms with Crippen LogP contribution in [-0.2, 0) is 6.61 Å². The first-order chi connectivity index (χ1) is 14.1. The third kappa shape index (κ3) is 4.25. The van der Waals surface area contributed by atoms with E-state index in [2.05, 4.69) is 10.3 Å². The molecule has 0 amide bonds. The van der Waals surface area contributed by atoms with Crippen molar-refractivity contribution < 1.29 is 9.84 Å². The molecule has 1 saturated heterocycles. The number of aromatic nitrogens is 2. The van der Waals surface area contributed by atoms with E-state index in [9.17, 15) is 9.90 Å². The number of ether oxygens (including phenoxy) is 1. The van der Waals surface area contributed by atoms with Crippen LogP contribution < -0.4 is 21.3 Å². The summed E-state index contributed by atoms with van der Waals surface area (Å²) < 4.78 is 7.49. The van der Waals surface area contributed by atoms with Gasteiger partial charge in [-0.05, 0) is 43.1 Å². The van der Waals surface area contributed by atoms with Crippen molar-refractivity contribution in [1.29, 1.82) is 0 Å². The smallest absolute Gasteiger partial charge is 0.293 e. The van der Waals surface area contributed by atoms with Gasteiger partial charge in [-0.1, -0.05) is 30.3 Å². The molecule has 0 spiro atoms. The maximum Gasteiger partial charge on any atom is 0.293 e. The molecule has 0 bridgehead atoms. The minimum Gasteiger partial charge on any atom is -0.507 e. The van der Waals surface area contributed by atoms with Crippen LogP contribution in [0.4, 0.5) is 5.82 Å². The van der Waals surface area contributed by atoms with E-state index in [4.69, 9.17) is 10.5 Å². The molecule has 1 aliphatic rings. The summed E-state index contributed by atoms with van der Waals surface area (Å²) in [5, 5.41) is 13.7. The minimum absolute atomic E-state index is 0.0138. The molecule has 1 fully saturated rings. The van der Waals surface area contributed by atoms with Crippen LogP contribution in [0, 0.1) is 0 Å². The molecule has 0 saturated carbocycles. The molecule has 1 aromatic heterocycles. The Bertz CT molecular complexity index is 1040. The maximum absolute atomic E-state index is 12.5. The zero-order valence-electron chi connectivity index (χ0n) is 16.0. The highest BCUT2D eigenvalue weighted by molar-refractivity contribution is 5.69. The van der Waals surface area contributed by atoms with Gasteiger partial charge in [0.15, 0.2) is 5.82 Å². The second-order valence-corrected chi connectivity index (χ2v) is 7.18. The standard InChI is InChI=1S/C22H24N4O3/c23-21-22(28)26(16-7-4-10-24-12-16)13-19(25-21)18-11-17(8-9-20(18)27)29-14-15-5-2-1-3-6-15/h1-3,5-6,8-9,11,13,16,24,27H,4,7,10,12,14H2,(H2,23,25). The van der Waals surface area contributed by atoms with Gasteiger partial charge in [-0.15, -0.1) is 0 Å². The van der Waals surface area contributed by atoms with Gasteiger partial charge >= 0.3 is 0 Å². The van der Waals surface area contributed by atoms with E-state index >= 15 is 0 Å². The van der Waals surface area contributed by atoms with E-state index in [-0.39, 0.29) is 23.2 Å². The summed E-state index contributed by atoms with van der Waals surface area (Å²) in [7, 11) is 0. The molecule has 150 valence electrons. The van der Waals surface area contributed by atoms with E-state index < -0.39 is 0 Å². The van der Waals surface area contributed by atoms with E-state index in [1.54, 1.807) is 29.0 Å². The van der Waals surface area contributed by atoms with Gasteiger partial charge in [0.25, 0.3) is 5.56 Å². The van der Waals surface area contributed by atoms with Gasteiger partial charge in [-0.2, -0.15) is 0 Å². The van der Waals surface area contributed by atoms with Gasteiger partial charge in [0, 0.05) is 24.3 Å². The fraction of sp³-hybridized carbons (Fsp3) is 0.273. The third-order valence-electron chi connectivity index (χ3n) is 5.11. The van der Waals surface area contributed by atoms with Gasteiger partial charge in [-0.3, -0.25) is 4.79 Å². The lowest BCUT2D eigenvalue weighted by atomic mass is 10.1. The summed E-state index contributed by atoms with van der Waals surface area (Å²) in [6, 6.07) is 14.8. The SMILES string of the molecule is Nc1nc(-c2cc(OCc3ccccc3)ccc2O)cn(C2CCCNC2)c1=O. The lowest BCUT2D eigenvalue weighted by Crippen LogP contribution is -2.37. The Hall–Kier alpha value is -3.32. The summed E-state index contributed by atoms with van der Waals surface area (Å²) in [4.78, 5) is 16.8. The number of nitrogens with one attached hydrogen (secondary N) is 1. The zero-order chi connectivity index (χ0) is 20.2. The number of hydrogen-bond acceptors (Lipinski definition) is 6. The third-order valence-corrected chi connectivity index (χ3v) is 5.11. The quantitative estimate of drug-likeness (QED) is 0.617. The summed E-state index contributed by atoms with van der Waals surface area (Å²) in [5.41, 5.74) is 7.56. The highest BCUT2D eigenvalue weighted by Gasteiger charge is 2.19. The Labute approximate surface area is 168 Å². The number of piperidine rings is 1. The van der Waals surface area contributed by atoms with E-state index in [1.807, 2.05) is 30.3 Å². The number of nitrogens with two attached hydrogens (primary N) is 1. The predicted molar refractivity (Wildman–Crippen MR) is 112 cm³/mol. The molecule has 7 heteroatoms. The predicted octanol–water partition coefficient (Wildman–Crippen LogP) is 2.70. The molecule has 0 aliphatic carbocycles. The van der Waals surface area contributed by atoms with Crippen molar-refractivity contribution in [3.05, 3.63) is 70.6 Å². The van der Waals surface area contributed by atoms with E-state index in [1.165, 1.54) is 0 Å². The van der Waals surface area contributed by atoms with Crippen molar-refractivity contribution >= 4 is 5.82 Å². The molecular weight excluding hydrogens is 368 g/mol. The second-order valence-electron chi connectivity index (χ2n) is 7.18. The topological polar surface area (TPSA) is 102 Å². The first-order valence-corrected chi connectivity index (χ1v) is 9.71. The van der Waals surface area contributed by atoms with Crippen LogP contribution >= 0.6 is 0 Å². The zero-order valence-corrected chi connectivity index (χ0v) is 16.0. The van der Waals surface area contributed by atoms with Crippen LogP contribution in [0.1, 0.15) is 24.4 Å². The number of aromatic hydroxyl groups is 1. The molecule has 2 aromatic carbocycles. The number of hydrogen-bond donors (Lipinski definition) is 3. The monoisotopic (exact) mass is 392 g/mol. The highest BCUT2D eigenvalue weighted by Crippen LogP contribution is 2.32. The molecule has 0 radical (unpaired) electrons. The van der Waals surface area contributed by atoms with Crippen molar-refractivity contribution in [3.63, 3.8) is 0 Å². The molecule has 7 nitrogen and oxygen atoms in total. The first-order valence-electron chi connectivity index (χ1n) is 9.71. The second kappa shape index (κ2) is 8.36. The maximum atomic E-state index is 12.5. The van der Waals surface area contributed by atoms with Gasteiger partial charge in [-0.25, -0.2) is 4.98 Å². The number of phenols is 1. The molecule has 1 unspecified atom stereocenters. The number of benzene rings is 2. The molecule has 1 atom stereocenters. The summed E-state index contributed by atoms with van der Waals surface area (Å²) in [5.74, 6) is 0.568. The number of nitrogen functional groups attached to an aromatic ring is 1. The van der Waals surface area contributed by atoms with Crippen molar-refractivity contribution in [2.45, 2.75) is 25.5 Å². The molecule has 1 aliphatic heterocycles. The van der Waals surface area contributed by atoms with Crippen LogP contribution in [0.3, 0.4) is 0 Å². The van der Waals surface area contributed by atoms with Crippen molar-refractivity contribution in [2.75, 3.05) is 18.8 Å². The molecule has 29 heavy (non-hydrogen) atoms. The molecule has 4 N–H and O–H groups in total. The van der Waals surface area contributed by atoms with Crippen LogP contribution in [0.2, 0.25) is 0 Å². The fourth-order valence-electron chi connectivity index (χ4n) is 3.55. The Morgan fingerprint density at radius 2 is 2.07 bits per heavy atom. The van der Waals surface area contributed by atoms with Crippen LogP contribution in [0.15, 0.2) is 59.5 Å². The Morgan fingerprint density at radius 1 is 1.24 bits per heavy atom. The van der Waals surface area contributed by atoms with Crippen molar-refractivity contribution in [2.24, 2.45) is 0 Å². The Balaban J connectivity index is 1.65. The first kappa shape index (κ1) is 19.0. The average molecular weight is 392 g/mol. The van der Waals surface area contributed by atoms with Gasteiger partial charge < -0.3 is 25.5 Å². The highest BCUT2D eigenvalue weighted by atomic mass is 16.5. The largest absolute Gasteiger partial charge is 0.507 e. The number of anilines is 1. The van der Waals surface area contributed by atoms with E-state index in [0.717, 1.165) is 24.9 Å². The molecular formula is C22H24N4O3. The molecule has 3 aromatic rings. The minimum atomic E-state index is -0.307. The van der Waals surface area contributed by atoms with Crippen LogP contribution in [-0.4, -0.2) is 27.7 Å². The Morgan fingerprint density at radius 3 is 2.83 bits per heavy atom. The van der Waals surface area contributed by atoms with E-state index in [0.29, 0.717) is 30.2 Å². The average Bonchev–Trinajstić information content (AvgIpc) is 2.76. The molecule has 4 rings (SSSR count). The lowest BCUT2D eigenvalue weighted by molar-refractivity contribution is 0.306. The number of nitrogens with zero attached hydrogens (tertiary/aromatic N) is 2. The molecule has 2 heterocycles. The van der Waals surface area contributed by atoms with Crippen molar-refractivity contribution in [3.8, 4) is 22.8 Å². The van der Waals surface area contributed by atoms with Gasteiger partial charge in [0.05, 0.1) is 5.69 Å². The lowest BCUT2D eigenvalue weighted by Gasteiger charge is -2.25. The normalized spacial score (nSPS) is 16.5. The van der Waals surface area contributed by atoms with Crippen LogP contribution in [0.5, 0.6) is 11.5 Å².